The fraction of sp³-hybridized carbons (Fsp3) is 0.100. The quantitative estimate of drug-likeness (QED) is 0.162. The third-order valence-corrected chi connectivity index (χ3v) is 14.0. The average Bonchev–Trinajstić information content (AvgIpc) is 3.88. The van der Waals surface area contributed by atoms with Crippen molar-refractivity contribution in [1.82, 2.24) is 0 Å². The lowest BCUT2D eigenvalue weighted by molar-refractivity contribution is 0.660. The summed E-state index contributed by atoms with van der Waals surface area (Å²) in [5.41, 5.74) is 25.3. The third-order valence-electron chi connectivity index (χ3n) is 14.0. The normalized spacial score (nSPS) is 14.1. The lowest BCUT2D eigenvalue weighted by atomic mass is 9.70. The molecule has 0 unspecified atom stereocenters. The molecule has 0 aliphatic heterocycles. The minimum atomic E-state index is -0.393. The van der Waals surface area contributed by atoms with Crippen molar-refractivity contribution in [2.75, 3.05) is 4.90 Å². The smallest absolute Gasteiger partial charge is 0.0725 e. The molecule has 1 heteroatoms. The molecular weight excluding hydrogens is 735 g/mol. The van der Waals surface area contributed by atoms with E-state index in [2.05, 4.69) is 232 Å². The summed E-state index contributed by atoms with van der Waals surface area (Å²) in [6.07, 6.45) is 0.915. The summed E-state index contributed by atoms with van der Waals surface area (Å²) in [4.78, 5) is 2.52. The van der Waals surface area contributed by atoms with Crippen LogP contribution >= 0.6 is 0 Å². The van der Waals surface area contributed by atoms with Gasteiger partial charge in [-0.2, -0.15) is 0 Å². The van der Waals surface area contributed by atoms with Gasteiger partial charge in [0.15, 0.2) is 0 Å². The summed E-state index contributed by atoms with van der Waals surface area (Å²) in [7, 11) is 0. The number of rotatable bonds is 6. The lowest BCUT2D eigenvalue weighted by Crippen LogP contribution is -2.25. The molecule has 3 aliphatic rings. The largest absolute Gasteiger partial charge is 0.310 e. The molecule has 0 saturated heterocycles. The van der Waals surface area contributed by atoms with E-state index < -0.39 is 5.41 Å². The highest BCUT2D eigenvalue weighted by Crippen LogP contribution is 2.64. The fourth-order valence-corrected chi connectivity index (χ4v) is 11.3. The summed E-state index contributed by atoms with van der Waals surface area (Å²) in [6, 6.07) is 77.6. The van der Waals surface area contributed by atoms with Crippen LogP contribution in [0.25, 0.3) is 55.6 Å². The SMILES string of the molecule is CCc1cc(-c2cccc3c2-c2ccccc2C32c3ccccc3-c3ccccc32)cc(N(c2ccc3c(c2)C(C)(C)c2ccccc2-3)c2ccccc2-c2ccccc2)c1. The molecule has 0 heterocycles. The highest BCUT2D eigenvalue weighted by Gasteiger charge is 2.52. The number of para-hydroxylation sites is 1. The molecule has 0 fully saturated rings. The first-order valence-electron chi connectivity index (χ1n) is 21.7. The van der Waals surface area contributed by atoms with Crippen molar-refractivity contribution in [2.45, 2.75) is 38.0 Å². The second-order valence-electron chi connectivity index (χ2n) is 17.5. The Bertz CT molecular complexity index is 3180. The minimum absolute atomic E-state index is 0.131. The van der Waals surface area contributed by atoms with E-state index in [1.54, 1.807) is 0 Å². The molecule has 0 atom stereocenters. The van der Waals surface area contributed by atoms with Crippen molar-refractivity contribution in [3.05, 3.63) is 245 Å². The molecule has 9 aromatic carbocycles. The Morgan fingerprint density at radius 2 is 0.885 bits per heavy atom. The highest BCUT2D eigenvalue weighted by molar-refractivity contribution is 6.01. The Morgan fingerprint density at radius 3 is 1.57 bits per heavy atom. The van der Waals surface area contributed by atoms with Gasteiger partial charge >= 0.3 is 0 Å². The first-order valence-corrected chi connectivity index (χ1v) is 21.7. The van der Waals surface area contributed by atoms with Crippen molar-refractivity contribution >= 4 is 17.1 Å². The molecule has 0 amide bonds. The van der Waals surface area contributed by atoms with Crippen molar-refractivity contribution < 1.29 is 0 Å². The van der Waals surface area contributed by atoms with Crippen LogP contribution in [-0.2, 0) is 17.3 Å². The van der Waals surface area contributed by atoms with E-state index >= 15 is 0 Å². The summed E-state index contributed by atoms with van der Waals surface area (Å²) in [6.45, 7) is 7.04. The Labute approximate surface area is 359 Å². The predicted molar refractivity (Wildman–Crippen MR) is 255 cm³/mol. The highest BCUT2D eigenvalue weighted by atomic mass is 15.1. The van der Waals surface area contributed by atoms with Gasteiger partial charge in [-0.3, -0.25) is 0 Å². The van der Waals surface area contributed by atoms with E-state index in [1.807, 2.05) is 0 Å². The van der Waals surface area contributed by atoms with Crippen LogP contribution in [0.15, 0.2) is 206 Å². The molecule has 0 radical (unpaired) electrons. The molecule has 3 aliphatic carbocycles. The van der Waals surface area contributed by atoms with Gasteiger partial charge in [0.25, 0.3) is 0 Å². The van der Waals surface area contributed by atoms with Gasteiger partial charge in [0.05, 0.1) is 11.1 Å². The molecule has 12 rings (SSSR count). The Morgan fingerprint density at radius 1 is 0.361 bits per heavy atom. The van der Waals surface area contributed by atoms with Crippen LogP contribution in [0.3, 0.4) is 0 Å². The number of benzene rings is 9. The van der Waals surface area contributed by atoms with E-state index in [9.17, 15) is 0 Å². The second kappa shape index (κ2) is 13.4. The standard InChI is InChI=1S/C60H45N/c1-4-39-35-41(45-26-18-31-55-58(45)50-25-11-16-30-54(50)60(55)52-28-14-9-23-47(52)48-24-10-15-29-53(48)60)37-43(36-39)61(57-32-17-12-21-44(57)40-19-6-5-7-20-40)42-33-34-49-46-22-8-13-27-51(46)59(2,3)56(49)38-42/h5-38H,4H2,1-3H3. The van der Waals surface area contributed by atoms with E-state index in [4.69, 9.17) is 0 Å². The number of hydrogen-bond acceptors (Lipinski definition) is 1. The van der Waals surface area contributed by atoms with Crippen molar-refractivity contribution in [3.8, 4) is 55.6 Å². The summed E-state index contributed by atoms with van der Waals surface area (Å²) >= 11 is 0. The lowest BCUT2D eigenvalue weighted by Gasteiger charge is -2.31. The van der Waals surface area contributed by atoms with E-state index in [0.717, 1.165) is 23.5 Å². The van der Waals surface area contributed by atoms with Gasteiger partial charge in [-0.25, -0.2) is 0 Å². The summed E-state index contributed by atoms with van der Waals surface area (Å²) in [5.74, 6) is 0. The van der Waals surface area contributed by atoms with Crippen LogP contribution in [0.5, 0.6) is 0 Å². The fourth-order valence-electron chi connectivity index (χ4n) is 11.3. The van der Waals surface area contributed by atoms with Gasteiger partial charge in [0.1, 0.15) is 0 Å². The number of aryl methyl sites for hydroxylation is 1. The molecule has 0 bridgehead atoms. The van der Waals surface area contributed by atoms with Crippen LogP contribution in [0.4, 0.5) is 17.1 Å². The van der Waals surface area contributed by atoms with Crippen LogP contribution in [0.1, 0.15) is 59.7 Å². The molecule has 1 spiro atoms. The molecule has 61 heavy (non-hydrogen) atoms. The van der Waals surface area contributed by atoms with Crippen LogP contribution < -0.4 is 4.90 Å². The number of anilines is 3. The zero-order valence-corrected chi connectivity index (χ0v) is 34.8. The van der Waals surface area contributed by atoms with Gasteiger partial charge in [0, 0.05) is 22.4 Å². The molecule has 1 nitrogen and oxygen atoms in total. The predicted octanol–water partition coefficient (Wildman–Crippen LogP) is 15.7. The van der Waals surface area contributed by atoms with Gasteiger partial charge in [-0.05, 0) is 126 Å². The molecule has 290 valence electrons. The van der Waals surface area contributed by atoms with Gasteiger partial charge < -0.3 is 4.90 Å². The number of nitrogens with zero attached hydrogens (tertiary/aromatic N) is 1. The van der Waals surface area contributed by atoms with Crippen LogP contribution in [0.2, 0.25) is 0 Å². The Kier molecular flexibility index (Phi) is 7.84. The Balaban J connectivity index is 1.11. The van der Waals surface area contributed by atoms with Crippen LogP contribution in [-0.4, -0.2) is 0 Å². The third kappa shape index (κ3) is 5.01. The molecule has 0 saturated carbocycles. The van der Waals surface area contributed by atoms with E-state index in [-0.39, 0.29) is 5.41 Å². The number of fused-ring (bicyclic) bond motifs is 13. The van der Waals surface area contributed by atoms with Gasteiger partial charge in [-0.15, -0.1) is 0 Å². The van der Waals surface area contributed by atoms with E-state index in [0.29, 0.717) is 0 Å². The summed E-state index contributed by atoms with van der Waals surface area (Å²) in [5, 5.41) is 0. The van der Waals surface area contributed by atoms with Gasteiger partial charge in [-0.1, -0.05) is 197 Å². The van der Waals surface area contributed by atoms with Crippen molar-refractivity contribution in [1.29, 1.82) is 0 Å². The zero-order chi connectivity index (χ0) is 40.9. The number of hydrogen-bond donors (Lipinski definition) is 0. The molecule has 0 aromatic heterocycles. The minimum Gasteiger partial charge on any atom is -0.310 e. The first-order chi connectivity index (χ1) is 30.0. The maximum atomic E-state index is 2.52. The average molecular weight is 780 g/mol. The monoisotopic (exact) mass is 779 g/mol. The van der Waals surface area contributed by atoms with Crippen LogP contribution in [0, 0.1) is 0 Å². The Hall–Kier alpha value is -7.22. The van der Waals surface area contributed by atoms with E-state index in [1.165, 1.54) is 94.6 Å². The van der Waals surface area contributed by atoms with Gasteiger partial charge in [0.2, 0.25) is 0 Å². The topological polar surface area (TPSA) is 3.24 Å². The maximum absolute atomic E-state index is 2.52. The summed E-state index contributed by atoms with van der Waals surface area (Å²) < 4.78 is 0. The molecule has 9 aromatic rings. The molecule has 0 N–H and O–H groups in total. The first kappa shape index (κ1) is 35.7. The van der Waals surface area contributed by atoms with Crippen molar-refractivity contribution in [3.63, 3.8) is 0 Å². The molecular formula is C60H45N. The maximum Gasteiger partial charge on any atom is 0.0725 e. The van der Waals surface area contributed by atoms with Crippen molar-refractivity contribution in [2.24, 2.45) is 0 Å². The zero-order valence-electron chi connectivity index (χ0n) is 34.8. The second-order valence-corrected chi connectivity index (χ2v) is 17.5.